The van der Waals surface area contributed by atoms with Crippen molar-refractivity contribution in [2.75, 3.05) is 32.1 Å². The van der Waals surface area contributed by atoms with Crippen LogP contribution in [0.2, 0.25) is 5.02 Å². The first-order chi connectivity index (χ1) is 13.6. The second-order valence-electron chi connectivity index (χ2n) is 7.89. The fraction of sp³-hybridized carbons (Fsp3) is 0.579. The van der Waals surface area contributed by atoms with Gasteiger partial charge in [-0.05, 0) is 26.8 Å². The number of anilines is 2. The minimum atomic E-state index is -1.39. The summed E-state index contributed by atoms with van der Waals surface area (Å²) in [7, 11) is 1.98. The second kappa shape index (κ2) is 8.13. The van der Waals surface area contributed by atoms with Crippen LogP contribution in [0, 0.1) is 13.5 Å². The van der Waals surface area contributed by atoms with E-state index in [2.05, 4.69) is 30.1 Å². The topological polar surface area (TPSA) is 72.5 Å². The Kier molecular flexibility index (Phi) is 5.96. The van der Waals surface area contributed by atoms with Crippen LogP contribution in [0.3, 0.4) is 0 Å². The van der Waals surface area contributed by atoms with E-state index in [9.17, 15) is 4.39 Å². The Morgan fingerprint density at radius 1 is 1.41 bits per heavy atom. The molecule has 2 aromatic rings. The Morgan fingerprint density at radius 3 is 2.76 bits per heavy atom. The van der Waals surface area contributed by atoms with Crippen molar-refractivity contribution in [3.05, 3.63) is 34.5 Å². The number of aromatic nitrogens is 4. The Balaban J connectivity index is 1.72. The van der Waals surface area contributed by atoms with Crippen molar-refractivity contribution in [3.8, 4) is 5.88 Å². The Labute approximate surface area is 174 Å². The van der Waals surface area contributed by atoms with Crippen molar-refractivity contribution in [1.82, 2.24) is 24.6 Å². The quantitative estimate of drug-likeness (QED) is 0.715. The first kappa shape index (κ1) is 21.3. The summed E-state index contributed by atoms with van der Waals surface area (Å²) in [5.41, 5.74) is -0.843. The van der Waals surface area contributed by atoms with Crippen molar-refractivity contribution >= 4 is 23.2 Å². The molecule has 0 bridgehead atoms. The maximum atomic E-state index is 14.9. The van der Waals surface area contributed by atoms with Crippen molar-refractivity contribution in [1.29, 1.82) is 0 Å². The molecule has 8 nitrogen and oxygen atoms in total. The summed E-state index contributed by atoms with van der Waals surface area (Å²) in [6.45, 7) is 13.9. The zero-order valence-corrected chi connectivity index (χ0v) is 17.8. The Morgan fingerprint density at radius 2 is 2.10 bits per heavy atom. The van der Waals surface area contributed by atoms with E-state index < -0.39 is 11.3 Å². The lowest BCUT2D eigenvalue weighted by molar-refractivity contribution is 0.0230. The molecule has 0 spiro atoms. The second-order valence-corrected chi connectivity index (χ2v) is 8.30. The van der Waals surface area contributed by atoms with Crippen molar-refractivity contribution in [2.24, 2.45) is 0 Å². The highest BCUT2D eigenvalue weighted by molar-refractivity contribution is 6.31. The van der Waals surface area contributed by atoms with E-state index >= 15 is 0 Å². The van der Waals surface area contributed by atoms with Crippen molar-refractivity contribution < 1.29 is 9.13 Å². The number of alkyl halides is 1. The average Bonchev–Trinajstić information content (AvgIpc) is 3.06. The number of rotatable bonds is 6. The van der Waals surface area contributed by atoms with Crippen LogP contribution in [0.25, 0.3) is 4.85 Å². The molecule has 1 saturated heterocycles. The van der Waals surface area contributed by atoms with Gasteiger partial charge in [-0.15, -0.1) is 0 Å². The largest absolute Gasteiger partial charge is 0.473 e. The molecule has 3 heterocycles. The van der Waals surface area contributed by atoms with Crippen molar-refractivity contribution in [3.63, 3.8) is 0 Å². The number of piperidine rings is 1. The molecule has 0 saturated carbocycles. The van der Waals surface area contributed by atoms with E-state index in [0.717, 1.165) is 0 Å². The molecule has 0 aromatic carbocycles. The Bertz CT molecular complexity index is 916. The summed E-state index contributed by atoms with van der Waals surface area (Å²) in [5, 5.41) is 7.65. The van der Waals surface area contributed by atoms with Gasteiger partial charge in [-0.1, -0.05) is 11.6 Å². The third kappa shape index (κ3) is 4.95. The van der Waals surface area contributed by atoms with E-state index in [1.165, 1.54) is 6.20 Å². The van der Waals surface area contributed by atoms with Gasteiger partial charge in [0, 0.05) is 26.9 Å². The lowest BCUT2D eigenvalue weighted by Gasteiger charge is -2.34. The highest BCUT2D eigenvalue weighted by Crippen LogP contribution is 2.30. The maximum absolute atomic E-state index is 14.9. The first-order valence-electron chi connectivity index (χ1n) is 9.37. The standard InChI is InChI=1S/C19H25ClFN7O/c1-13-15(11-28(26-13)18(2,3)22-4)24-17-23-10-14(20)16(25-17)29-12-19(21)6-8-27(5)9-7-19/h10-11H,6-9,12H2,1-3,5H3,(H,23,24,25). The van der Waals surface area contributed by atoms with Crippen LogP contribution in [0.1, 0.15) is 32.4 Å². The van der Waals surface area contributed by atoms with Gasteiger partial charge >= 0.3 is 5.66 Å². The molecule has 1 N–H and O–H groups in total. The monoisotopic (exact) mass is 421 g/mol. The fourth-order valence-electron chi connectivity index (χ4n) is 2.91. The molecule has 0 radical (unpaired) electrons. The molecule has 0 amide bonds. The maximum Gasteiger partial charge on any atom is 0.319 e. The molecule has 2 aromatic heterocycles. The van der Waals surface area contributed by atoms with Gasteiger partial charge in [-0.3, -0.25) is 4.85 Å². The predicted molar refractivity (Wildman–Crippen MR) is 109 cm³/mol. The molecule has 0 aliphatic carbocycles. The fourth-order valence-corrected chi connectivity index (χ4v) is 3.05. The summed E-state index contributed by atoms with van der Waals surface area (Å²) in [6.07, 6.45) is 3.95. The number of halogens is 2. The molecule has 0 unspecified atom stereocenters. The van der Waals surface area contributed by atoms with E-state index in [1.54, 1.807) is 24.7 Å². The first-order valence-corrected chi connectivity index (χ1v) is 9.75. The number of hydrogen-bond donors (Lipinski definition) is 1. The van der Waals surface area contributed by atoms with Crippen LogP contribution in [-0.2, 0) is 5.66 Å². The summed E-state index contributed by atoms with van der Waals surface area (Å²) in [6, 6.07) is 0. The zero-order valence-electron chi connectivity index (χ0n) is 17.0. The minimum Gasteiger partial charge on any atom is -0.473 e. The molecule has 1 aliphatic rings. The molecular weight excluding hydrogens is 397 g/mol. The number of nitrogens with one attached hydrogen (secondary N) is 1. The van der Waals surface area contributed by atoms with E-state index in [4.69, 9.17) is 22.9 Å². The molecule has 29 heavy (non-hydrogen) atoms. The molecule has 156 valence electrons. The number of ether oxygens (including phenoxy) is 1. The molecular formula is C19H25ClFN7O. The summed E-state index contributed by atoms with van der Waals surface area (Å²) in [5.74, 6) is 0.385. The Hall–Kier alpha value is -2.44. The van der Waals surface area contributed by atoms with Gasteiger partial charge < -0.3 is 15.0 Å². The summed E-state index contributed by atoms with van der Waals surface area (Å²) in [4.78, 5) is 14.1. The molecule has 3 rings (SSSR count). The number of nitrogens with zero attached hydrogens (tertiary/aromatic N) is 6. The van der Waals surface area contributed by atoms with Crippen LogP contribution in [0.15, 0.2) is 12.4 Å². The van der Waals surface area contributed by atoms with Gasteiger partial charge in [0.2, 0.25) is 11.8 Å². The smallest absolute Gasteiger partial charge is 0.319 e. The van der Waals surface area contributed by atoms with Gasteiger partial charge in [-0.25, -0.2) is 15.9 Å². The van der Waals surface area contributed by atoms with Crippen LogP contribution >= 0.6 is 11.6 Å². The summed E-state index contributed by atoms with van der Waals surface area (Å²) >= 11 is 6.14. The summed E-state index contributed by atoms with van der Waals surface area (Å²) < 4.78 is 22.1. The van der Waals surface area contributed by atoms with Crippen LogP contribution in [-0.4, -0.2) is 57.1 Å². The van der Waals surface area contributed by atoms with Crippen molar-refractivity contribution in [2.45, 2.75) is 44.9 Å². The zero-order chi connectivity index (χ0) is 21.2. The third-order valence-corrected chi connectivity index (χ3v) is 5.30. The van der Waals surface area contributed by atoms with Gasteiger partial charge in [0.05, 0.1) is 23.8 Å². The molecule has 1 aliphatic heterocycles. The highest BCUT2D eigenvalue weighted by atomic mass is 35.5. The predicted octanol–water partition coefficient (Wildman–Crippen LogP) is 3.80. The lowest BCUT2D eigenvalue weighted by atomic mass is 9.95. The van der Waals surface area contributed by atoms with Gasteiger partial charge in [-0.2, -0.15) is 14.8 Å². The molecule has 0 atom stereocenters. The van der Waals surface area contributed by atoms with E-state index in [0.29, 0.717) is 37.3 Å². The van der Waals surface area contributed by atoms with Gasteiger partial charge in [0.1, 0.15) is 17.3 Å². The van der Waals surface area contributed by atoms with Crippen LogP contribution in [0.4, 0.5) is 16.0 Å². The van der Waals surface area contributed by atoms with E-state index in [1.807, 2.05) is 14.0 Å². The average molecular weight is 422 g/mol. The lowest BCUT2D eigenvalue weighted by Crippen LogP contribution is -2.43. The highest BCUT2D eigenvalue weighted by Gasteiger charge is 2.35. The molecule has 10 heteroatoms. The minimum absolute atomic E-state index is 0.104. The third-order valence-electron chi connectivity index (χ3n) is 5.04. The van der Waals surface area contributed by atoms with Gasteiger partial charge in [0.15, 0.2) is 0 Å². The normalized spacial score (nSPS) is 17.0. The number of hydrogen-bond acceptors (Lipinski definition) is 6. The number of aryl methyl sites for hydroxylation is 1. The van der Waals surface area contributed by atoms with Gasteiger partial charge in [0.25, 0.3) is 0 Å². The van der Waals surface area contributed by atoms with Crippen LogP contribution in [0.5, 0.6) is 5.88 Å². The van der Waals surface area contributed by atoms with E-state index in [-0.39, 0.29) is 23.5 Å². The SMILES string of the molecule is [C-]#[N+]C(C)(C)n1cc(Nc2ncc(Cl)c(OCC3(F)CCN(C)CC3)n2)c(C)n1. The number of likely N-dealkylation sites (tertiary alicyclic amines) is 1. The van der Waals surface area contributed by atoms with Crippen LogP contribution < -0.4 is 10.1 Å². The molecule has 1 fully saturated rings.